The monoisotopic (exact) mass is 119 g/mol. The van der Waals surface area contributed by atoms with Crippen LogP contribution < -0.4 is 5.73 Å². The molecule has 0 fully saturated rings. The fraction of sp³-hybridized carbons (Fsp3) is 1.00. The zero-order valence-corrected chi connectivity index (χ0v) is 6.04. The van der Waals surface area contributed by atoms with E-state index in [1.54, 1.807) is 0 Å². The molecule has 0 aliphatic heterocycles. The molecule has 0 aromatic rings. The third kappa shape index (κ3) is 3.02. The summed E-state index contributed by atoms with van der Waals surface area (Å²) in [5, 5.41) is 0. The minimum absolute atomic E-state index is 0.224. The summed E-state index contributed by atoms with van der Waals surface area (Å²) in [4.78, 5) is 0. The molecule has 0 atom stereocenters. The van der Waals surface area contributed by atoms with Crippen LogP contribution >= 0.6 is 7.92 Å². The Hall–Kier alpha value is 0.390. The van der Waals surface area contributed by atoms with Crippen LogP contribution in [0.3, 0.4) is 0 Å². The van der Waals surface area contributed by atoms with E-state index >= 15 is 0 Å². The molecule has 0 unspecified atom stereocenters. The van der Waals surface area contributed by atoms with Crippen LogP contribution in [-0.2, 0) is 0 Å². The molecule has 0 aromatic heterocycles. The lowest BCUT2D eigenvalue weighted by Gasteiger charge is -2.06. The van der Waals surface area contributed by atoms with E-state index in [9.17, 15) is 0 Å². The van der Waals surface area contributed by atoms with Crippen LogP contribution in [0, 0.1) is 0 Å². The molecule has 0 heterocycles. The molecule has 0 aliphatic carbocycles. The molecule has 2 N–H and O–H groups in total. The van der Waals surface area contributed by atoms with Crippen LogP contribution in [0.15, 0.2) is 0 Å². The summed E-state index contributed by atoms with van der Waals surface area (Å²) in [6.45, 7) is 4.42. The summed E-state index contributed by atoms with van der Waals surface area (Å²) in [5.41, 5.74) is 5.42. The quantitative estimate of drug-likeness (QED) is 0.559. The lowest BCUT2D eigenvalue weighted by molar-refractivity contribution is 1.30. The molecule has 0 saturated carbocycles. The highest BCUT2D eigenvalue weighted by molar-refractivity contribution is 7.57. The van der Waals surface area contributed by atoms with E-state index in [4.69, 9.17) is 5.73 Å². The van der Waals surface area contributed by atoms with Crippen LogP contribution in [0.4, 0.5) is 0 Å². The highest BCUT2D eigenvalue weighted by Crippen LogP contribution is 2.30. The van der Waals surface area contributed by atoms with Crippen LogP contribution in [-0.4, -0.2) is 18.6 Å². The first-order valence-electron chi connectivity index (χ1n) is 2.77. The molecule has 1 nitrogen and oxygen atoms in total. The third-order valence-electron chi connectivity index (χ3n) is 1.15. The van der Waals surface area contributed by atoms with Crippen LogP contribution in [0.2, 0.25) is 0 Å². The van der Waals surface area contributed by atoms with Gasteiger partial charge in [-0.2, -0.15) is 0 Å². The van der Waals surface area contributed by atoms with Crippen molar-refractivity contribution in [2.45, 2.75) is 13.8 Å². The molecule has 0 aliphatic rings. The normalized spacial score (nSPS) is 10.3. The van der Waals surface area contributed by atoms with Crippen molar-refractivity contribution in [3.63, 3.8) is 0 Å². The van der Waals surface area contributed by atoms with Crippen molar-refractivity contribution in [3.8, 4) is 0 Å². The van der Waals surface area contributed by atoms with E-state index in [1.165, 1.54) is 12.3 Å². The van der Waals surface area contributed by atoms with Crippen molar-refractivity contribution in [1.82, 2.24) is 0 Å². The summed E-state index contributed by atoms with van der Waals surface area (Å²) in [6, 6.07) is 0. The Labute approximate surface area is 47.0 Å². The molecule has 7 heavy (non-hydrogen) atoms. The number of nitrogens with two attached hydrogens (primary N) is 1. The minimum Gasteiger partial charge on any atom is -0.327 e. The fourth-order valence-electron chi connectivity index (χ4n) is 0.482. The van der Waals surface area contributed by atoms with Crippen molar-refractivity contribution >= 4 is 7.92 Å². The van der Waals surface area contributed by atoms with Gasteiger partial charge >= 0.3 is 0 Å². The molecule has 0 amide bonds. The van der Waals surface area contributed by atoms with Crippen molar-refractivity contribution in [2.75, 3.05) is 18.6 Å². The minimum atomic E-state index is 0.224. The highest BCUT2D eigenvalue weighted by atomic mass is 31.1. The van der Waals surface area contributed by atoms with E-state index in [-0.39, 0.29) is 7.92 Å². The summed E-state index contributed by atoms with van der Waals surface area (Å²) >= 11 is 0. The lowest BCUT2D eigenvalue weighted by Crippen LogP contribution is -1.99. The van der Waals surface area contributed by atoms with E-state index in [0.29, 0.717) is 0 Å². The molecule has 0 bridgehead atoms. The topological polar surface area (TPSA) is 26.0 Å². The second-order valence-corrected chi connectivity index (χ2v) is 4.46. The predicted octanol–water partition coefficient (Wildman–Crippen LogP) is 1.42. The van der Waals surface area contributed by atoms with Gasteiger partial charge in [0, 0.05) is 6.29 Å². The van der Waals surface area contributed by atoms with Gasteiger partial charge in [-0.1, -0.05) is 21.8 Å². The maximum absolute atomic E-state index is 5.42. The molecule has 44 valence electrons. The Balaban J connectivity index is 2.99. The van der Waals surface area contributed by atoms with Gasteiger partial charge in [0.1, 0.15) is 0 Å². The van der Waals surface area contributed by atoms with Gasteiger partial charge < -0.3 is 5.73 Å². The maximum Gasteiger partial charge on any atom is 0.0127 e. The van der Waals surface area contributed by atoms with Crippen molar-refractivity contribution in [2.24, 2.45) is 5.73 Å². The molecular weight excluding hydrogens is 105 g/mol. The summed E-state index contributed by atoms with van der Waals surface area (Å²) in [7, 11) is 0.224. The van der Waals surface area contributed by atoms with Gasteiger partial charge in [-0.05, 0) is 12.3 Å². The molecule has 2 heteroatoms. The summed E-state index contributed by atoms with van der Waals surface area (Å²) in [6.07, 6.45) is 3.51. The van der Waals surface area contributed by atoms with Crippen molar-refractivity contribution < 1.29 is 0 Å². The molecule has 0 radical (unpaired) electrons. The van der Waals surface area contributed by atoms with Crippen molar-refractivity contribution in [1.29, 1.82) is 0 Å². The Bertz CT molecular complexity index is 29.6. The van der Waals surface area contributed by atoms with E-state index in [1.807, 2.05) is 0 Å². The van der Waals surface area contributed by atoms with E-state index in [0.717, 1.165) is 6.29 Å². The number of hydrogen-bond donors (Lipinski definition) is 1. The van der Waals surface area contributed by atoms with Crippen molar-refractivity contribution in [3.05, 3.63) is 0 Å². The summed E-state index contributed by atoms with van der Waals surface area (Å²) < 4.78 is 0. The first-order chi connectivity index (χ1) is 3.35. The third-order valence-corrected chi connectivity index (χ3v) is 3.46. The second kappa shape index (κ2) is 4.55. The van der Waals surface area contributed by atoms with Gasteiger partial charge in [-0.3, -0.25) is 0 Å². The standard InChI is InChI=1S/C5H14NP/c1-3-7(4-2)5-6/h3-6H2,1-2H3. The van der Waals surface area contributed by atoms with Crippen LogP contribution in [0.25, 0.3) is 0 Å². The highest BCUT2D eigenvalue weighted by Gasteiger charge is 1.94. The Morgan fingerprint density at radius 1 is 1.29 bits per heavy atom. The zero-order valence-electron chi connectivity index (χ0n) is 5.15. The number of hydrogen-bond acceptors (Lipinski definition) is 1. The second-order valence-electron chi connectivity index (χ2n) is 1.49. The van der Waals surface area contributed by atoms with Gasteiger partial charge in [0.25, 0.3) is 0 Å². The fourth-order valence-corrected chi connectivity index (χ4v) is 1.45. The Morgan fingerprint density at radius 2 is 1.71 bits per heavy atom. The average Bonchev–Trinajstić information content (AvgIpc) is 1.72. The van der Waals surface area contributed by atoms with Crippen LogP contribution in [0.5, 0.6) is 0 Å². The molecule has 0 rings (SSSR count). The zero-order chi connectivity index (χ0) is 5.70. The number of rotatable bonds is 3. The van der Waals surface area contributed by atoms with Gasteiger partial charge in [-0.25, -0.2) is 0 Å². The maximum atomic E-state index is 5.42. The lowest BCUT2D eigenvalue weighted by atomic mass is 11.0. The summed E-state index contributed by atoms with van der Waals surface area (Å²) in [5.74, 6) is 0. The molecule has 0 aromatic carbocycles. The molecule has 0 spiro atoms. The SMILES string of the molecule is CCP(CC)CN. The molecular formula is C5H14NP. The van der Waals surface area contributed by atoms with Gasteiger partial charge in [0.05, 0.1) is 0 Å². The predicted molar refractivity (Wildman–Crippen MR) is 37.1 cm³/mol. The largest absolute Gasteiger partial charge is 0.327 e. The first kappa shape index (κ1) is 7.39. The Morgan fingerprint density at radius 3 is 1.71 bits per heavy atom. The average molecular weight is 119 g/mol. The first-order valence-corrected chi connectivity index (χ1v) is 4.67. The smallest absolute Gasteiger partial charge is 0.0127 e. The molecule has 0 saturated heterocycles. The van der Waals surface area contributed by atoms with Gasteiger partial charge in [-0.15, -0.1) is 0 Å². The van der Waals surface area contributed by atoms with E-state index < -0.39 is 0 Å². The van der Waals surface area contributed by atoms with Crippen LogP contribution in [0.1, 0.15) is 13.8 Å². The van der Waals surface area contributed by atoms with Gasteiger partial charge in [0.15, 0.2) is 0 Å². The van der Waals surface area contributed by atoms with Gasteiger partial charge in [0.2, 0.25) is 0 Å². The Kier molecular flexibility index (Phi) is 4.80. The van der Waals surface area contributed by atoms with E-state index in [2.05, 4.69) is 13.8 Å².